The van der Waals surface area contributed by atoms with Crippen molar-refractivity contribution in [3.05, 3.63) is 239 Å². The maximum absolute atomic E-state index is 14.5. The summed E-state index contributed by atoms with van der Waals surface area (Å²) in [5, 5.41) is 2.97. The Morgan fingerprint density at radius 2 is 0.933 bits per heavy atom. The third kappa shape index (κ3) is 19.1. The Kier molecular flexibility index (Phi) is 26.3. The van der Waals surface area contributed by atoms with Gasteiger partial charge in [-0.25, -0.2) is 9.59 Å². The van der Waals surface area contributed by atoms with Gasteiger partial charge >= 0.3 is 12.2 Å². The molecule has 105 heavy (non-hydrogen) atoms. The second kappa shape index (κ2) is 36.1. The third-order valence-corrected chi connectivity index (χ3v) is 21.5. The predicted octanol–water partition coefficient (Wildman–Crippen LogP) is 15.8. The Bertz CT molecular complexity index is 3810. The minimum atomic E-state index is -1.88. The van der Waals surface area contributed by atoms with E-state index in [1.165, 1.54) is 0 Å². The SMILES string of the molecule is CCC1O[C@H](O[C@@H]2C(OCc3ccccc3)[C@H](O[C@@H]3C(COCc4ccccc4)O[C@@H](O[C@@H]4C(COCc5ccccc5)O[C@@H](OCc5ccccc5)C(NC(=O)OCC(Cl)(Cl)Cl)[C@H]4C)C(C)[C@H]3C)OC3COC(c4ccccc4)O[C@H]32)C(OC(=O)OCC2c3ccccc3-c3ccccc32)[C@@H](C)[C@@H]1C. The minimum Gasteiger partial charge on any atom is -0.445 e. The molecule has 9 unspecified atom stereocenters. The monoisotopic (exact) mass is 1500 g/mol. The Hall–Kier alpha value is -6.57. The molecule has 22 heteroatoms. The number of ether oxygens (including phenoxy) is 16. The van der Waals surface area contributed by atoms with Crippen LogP contribution >= 0.6 is 34.8 Å². The van der Waals surface area contributed by atoms with Crippen LogP contribution in [0.4, 0.5) is 9.59 Å². The van der Waals surface area contributed by atoms with Gasteiger partial charge < -0.3 is 81.1 Å². The first-order valence-corrected chi connectivity index (χ1v) is 37.6. The average Bonchev–Trinajstić information content (AvgIpc) is 1.76. The number of nitrogens with one attached hydrogen (secondary N) is 1. The molecule has 0 aromatic heterocycles. The van der Waals surface area contributed by atoms with Crippen molar-refractivity contribution >= 4 is 47.1 Å². The summed E-state index contributed by atoms with van der Waals surface area (Å²) in [5.74, 6) is -1.93. The Balaban J connectivity index is 0.817. The van der Waals surface area contributed by atoms with Crippen molar-refractivity contribution in [2.24, 2.45) is 29.6 Å². The van der Waals surface area contributed by atoms with E-state index in [1.807, 2.05) is 190 Å². The zero-order valence-corrected chi connectivity index (χ0v) is 62.1. The van der Waals surface area contributed by atoms with Crippen molar-refractivity contribution < 1.29 is 85.4 Å². The summed E-state index contributed by atoms with van der Waals surface area (Å²) in [4.78, 5) is 28.3. The first-order valence-electron chi connectivity index (χ1n) is 36.5. The molecule has 1 aliphatic carbocycles. The maximum Gasteiger partial charge on any atom is 0.508 e. The lowest BCUT2D eigenvalue weighted by Gasteiger charge is -2.53. The summed E-state index contributed by atoms with van der Waals surface area (Å²) in [5.41, 5.74) is 8.80. The van der Waals surface area contributed by atoms with E-state index in [2.05, 4.69) is 57.3 Å². The molecule has 1 N–H and O–H groups in total. The molecule has 5 saturated heterocycles. The number of carbonyl (C=O) groups is 2. The third-order valence-electron chi connectivity index (χ3n) is 21.2. The quantitative estimate of drug-likeness (QED) is 0.0377. The molecule has 0 spiro atoms. The van der Waals surface area contributed by atoms with Crippen LogP contribution in [0.2, 0.25) is 0 Å². The highest BCUT2D eigenvalue weighted by atomic mass is 35.6. The van der Waals surface area contributed by atoms with Gasteiger partial charge in [0.05, 0.1) is 70.6 Å². The number of rotatable bonds is 27. The van der Waals surface area contributed by atoms with Gasteiger partial charge in [0.15, 0.2) is 37.6 Å². The lowest BCUT2D eigenvalue weighted by atomic mass is 9.82. The van der Waals surface area contributed by atoms with Crippen LogP contribution in [0.25, 0.3) is 11.1 Å². The van der Waals surface area contributed by atoms with Crippen LogP contribution in [0.15, 0.2) is 200 Å². The van der Waals surface area contributed by atoms with E-state index in [-0.39, 0.29) is 82.6 Å². The number of alkyl halides is 3. The summed E-state index contributed by atoms with van der Waals surface area (Å²) < 4.78 is 108. The van der Waals surface area contributed by atoms with Gasteiger partial charge in [0.2, 0.25) is 3.79 Å². The van der Waals surface area contributed by atoms with E-state index in [0.29, 0.717) is 6.42 Å². The van der Waals surface area contributed by atoms with Crippen LogP contribution in [-0.4, -0.2) is 141 Å². The Labute approximate surface area is 629 Å². The van der Waals surface area contributed by atoms with Gasteiger partial charge in [-0.1, -0.05) is 277 Å². The molecule has 0 saturated carbocycles. The van der Waals surface area contributed by atoms with Gasteiger partial charge in [-0.05, 0) is 62.8 Å². The second-order valence-electron chi connectivity index (χ2n) is 28.1. The highest BCUT2D eigenvalue weighted by molar-refractivity contribution is 6.67. The molecule has 19 nitrogen and oxygen atoms in total. The number of amides is 1. The second-order valence-corrected chi connectivity index (χ2v) is 30.7. The number of hydrogen-bond donors (Lipinski definition) is 1. The molecule has 1 amide bonds. The molecule has 7 aromatic rings. The van der Waals surface area contributed by atoms with Crippen molar-refractivity contribution in [1.82, 2.24) is 5.32 Å². The predicted molar refractivity (Wildman–Crippen MR) is 392 cm³/mol. The minimum absolute atomic E-state index is 0.0317. The zero-order valence-electron chi connectivity index (χ0n) is 59.8. The van der Waals surface area contributed by atoms with E-state index in [4.69, 9.17) is 111 Å². The molecule has 5 aliphatic heterocycles. The molecule has 0 bridgehead atoms. The average molecular weight is 1500 g/mol. The molecular formula is C83H94Cl3NO18. The molecule has 5 heterocycles. The van der Waals surface area contributed by atoms with Crippen LogP contribution < -0.4 is 5.32 Å². The lowest BCUT2D eigenvalue weighted by molar-refractivity contribution is -0.407. The number of fused-ring (bicyclic) bond motifs is 4. The molecule has 5 fully saturated rings. The van der Waals surface area contributed by atoms with Crippen LogP contribution in [0.5, 0.6) is 0 Å². The molecule has 13 rings (SSSR count). The number of alkyl carbamates (subject to hydrolysis) is 1. The van der Waals surface area contributed by atoms with Crippen molar-refractivity contribution in [3.8, 4) is 11.1 Å². The van der Waals surface area contributed by atoms with Crippen LogP contribution in [0.1, 0.15) is 99.1 Å². The highest BCUT2D eigenvalue weighted by Crippen LogP contribution is 2.47. The lowest BCUT2D eigenvalue weighted by Crippen LogP contribution is -2.67. The maximum atomic E-state index is 14.5. The number of carbonyl (C=O) groups excluding carboxylic acids is 2. The van der Waals surface area contributed by atoms with Gasteiger partial charge in [-0.15, -0.1) is 0 Å². The van der Waals surface area contributed by atoms with E-state index in [1.54, 1.807) is 0 Å². The van der Waals surface area contributed by atoms with Gasteiger partial charge in [0, 0.05) is 29.2 Å². The van der Waals surface area contributed by atoms with Gasteiger partial charge in [0.1, 0.15) is 49.8 Å². The fraction of sp³-hybridized carbons (Fsp3) is 0.470. The van der Waals surface area contributed by atoms with E-state index >= 15 is 0 Å². The Morgan fingerprint density at radius 3 is 1.50 bits per heavy atom. The number of hydrogen-bond acceptors (Lipinski definition) is 18. The van der Waals surface area contributed by atoms with Crippen LogP contribution in [0, 0.1) is 29.6 Å². The number of benzene rings is 7. The molecular weight excluding hydrogens is 1410 g/mol. The van der Waals surface area contributed by atoms with Crippen molar-refractivity contribution in [2.75, 3.05) is 33.0 Å². The topological polar surface area (TPSA) is 194 Å². The molecule has 21 atom stereocenters. The highest BCUT2D eigenvalue weighted by Gasteiger charge is 2.58. The summed E-state index contributed by atoms with van der Waals surface area (Å²) >= 11 is 18.2. The van der Waals surface area contributed by atoms with Crippen molar-refractivity contribution in [1.29, 1.82) is 0 Å². The standard InChI is InChI=1S/C83H94Cl3NO18/c1-7-65-50(2)51(3)72(105-82(89)95-45-64-62-39-25-23-37-60(62)61-38-24-26-40-63(61)64)79(97-65)104-74-73-68(48-94-77(103-73)59-35-21-12-22-36-59)100-80(75(74)92-43-57-31-17-10-18-32-57)102-70-52(4)53(5)76(98-66(70)46-90-41-55-27-13-8-14-28-55)101-71-54(6)69(87-81(88)96-49-83(84,85)86)78(93-44-58-33-19-11-20-34-58)99-67(71)47-91-42-56-29-15-9-16-30-56/h8-40,50-54,64-80H,7,41-49H2,1-6H3,(H,87,88)/t50-,51-,52+,53?,54+,65?,66?,67?,68?,69?,70-,71-,72?,73+,74-,75?,76-,77?,78+,79+,80-/m0/s1. The summed E-state index contributed by atoms with van der Waals surface area (Å²) in [6.07, 6.45) is -14.6. The summed E-state index contributed by atoms with van der Waals surface area (Å²) in [6.45, 7) is 12.8. The molecule has 0 radical (unpaired) electrons. The first-order chi connectivity index (χ1) is 51.0. The van der Waals surface area contributed by atoms with Gasteiger partial charge in [0.25, 0.3) is 0 Å². The van der Waals surface area contributed by atoms with E-state index in [0.717, 1.165) is 50.1 Å². The van der Waals surface area contributed by atoms with Gasteiger partial charge in [-0.3, -0.25) is 0 Å². The van der Waals surface area contributed by atoms with E-state index < -0.39 is 127 Å². The van der Waals surface area contributed by atoms with Crippen LogP contribution in [-0.2, 0) is 102 Å². The molecule has 7 aromatic carbocycles. The number of halogens is 3. The van der Waals surface area contributed by atoms with Gasteiger partial charge in [-0.2, -0.15) is 0 Å². The fourth-order valence-electron chi connectivity index (χ4n) is 15.1. The molecule has 6 aliphatic rings. The summed E-state index contributed by atoms with van der Waals surface area (Å²) in [6, 6.07) is 64.4. The normalized spacial score (nSPS) is 31.0. The smallest absolute Gasteiger partial charge is 0.445 e. The van der Waals surface area contributed by atoms with E-state index in [9.17, 15) is 9.59 Å². The van der Waals surface area contributed by atoms with Crippen molar-refractivity contribution in [2.45, 2.75) is 183 Å². The zero-order chi connectivity index (χ0) is 73.0. The van der Waals surface area contributed by atoms with Crippen molar-refractivity contribution in [3.63, 3.8) is 0 Å². The van der Waals surface area contributed by atoms with Crippen LogP contribution in [0.3, 0.4) is 0 Å². The Morgan fingerprint density at radius 1 is 0.457 bits per heavy atom. The first kappa shape index (κ1) is 76.6. The molecule has 560 valence electrons. The summed E-state index contributed by atoms with van der Waals surface area (Å²) in [7, 11) is 0. The fourth-order valence-corrected chi connectivity index (χ4v) is 15.3. The largest absolute Gasteiger partial charge is 0.508 e.